The topological polar surface area (TPSA) is 344 Å². The first-order valence-corrected chi connectivity index (χ1v) is 40.5. The standard InChI is InChI=1S/C82H136N12O17/c1-25-50(9)62(74(101)92-43-32-30-39-57(92)68(95)84-52(11)79(106)107)86-69(96)58-41-35-45-93(58)77(104)64(49(7)8)87(20)72(99)60(46-55-36-28-27-29-37-55)109-80(108)59-40-31-33-44-94(59)78(105)65(51(10)26-2)89(22)75(102)63(48(5)6)88(21)76(103)67(54(13)111-82(17,18)19)91(24)73(100)61(47(3)4)85-70(97)66(53(12)110-81(14,15)16)90(23)71(98)56-38-34-42-83-56/h27-29,36-37,47-54,56-67,83H,25-26,30-35,38-46H2,1-24H3,(H,84,95)(H,85,97)(H,86,96)(H,106,107)/t50-,51-,52-,53+,54+,56-,57-,58-,59-,60+,61-,62-,63-,64-,65-,66-,67-/m0/s1. The molecule has 4 fully saturated rings. The predicted molar refractivity (Wildman–Crippen MR) is 420 cm³/mol. The zero-order chi connectivity index (χ0) is 83.8. The molecule has 0 saturated carbocycles. The normalized spacial score (nSPS) is 21.2. The maximum Gasteiger partial charge on any atom is 0.329 e. The van der Waals surface area contributed by atoms with Crippen molar-refractivity contribution in [2.75, 3.05) is 61.4 Å². The van der Waals surface area contributed by atoms with Gasteiger partial charge in [0.1, 0.15) is 66.5 Å². The molecule has 29 nitrogen and oxygen atoms in total. The van der Waals surface area contributed by atoms with E-state index in [4.69, 9.17) is 14.2 Å². The number of carbonyl (C=O) groups excluding carboxylic acids is 12. The Morgan fingerprint density at radius 3 is 1.45 bits per heavy atom. The molecular formula is C82H136N12O17. The minimum absolute atomic E-state index is 0.0874. The van der Waals surface area contributed by atoms with Crippen LogP contribution in [0.1, 0.15) is 214 Å². The highest BCUT2D eigenvalue weighted by molar-refractivity contribution is 6.00. The van der Waals surface area contributed by atoms with Crippen molar-refractivity contribution in [3.8, 4) is 0 Å². The number of carboxylic acids is 1. The van der Waals surface area contributed by atoms with Gasteiger partial charge in [-0.05, 0) is 168 Å². The molecule has 111 heavy (non-hydrogen) atoms. The number of carboxylic acid groups (broad SMARTS) is 1. The molecule has 4 heterocycles. The second-order valence-corrected chi connectivity index (χ2v) is 34.4. The van der Waals surface area contributed by atoms with Crippen LogP contribution in [0.4, 0.5) is 0 Å². The van der Waals surface area contributed by atoms with Crippen LogP contribution in [0.3, 0.4) is 0 Å². The molecule has 11 amide bonds. The number of piperidine rings is 2. The lowest BCUT2D eigenvalue weighted by Crippen LogP contribution is -2.65. The fraction of sp³-hybridized carbons (Fsp3) is 0.768. The number of rotatable bonds is 35. The van der Waals surface area contributed by atoms with Crippen molar-refractivity contribution < 1.29 is 81.6 Å². The van der Waals surface area contributed by atoms with E-state index in [0.717, 1.165) is 6.42 Å². The van der Waals surface area contributed by atoms with Crippen LogP contribution in [0.25, 0.3) is 0 Å². The third-order valence-electron chi connectivity index (χ3n) is 22.4. The number of esters is 1. The van der Waals surface area contributed by atoms with E-state index >= 15 is 33.6 Å². The summed E-state index contributed by atoms with van der Waals surface area (Å²) in [5.41, 5.74) is -0.943. The van der Waals surface area contributed by atoms with Crippen LogP contribution in [0, 0.1) is 29.6 Å². The van der Waals surface area contributed by atoms with Crippen LogP contribution in [0.5, 0.6) is 0 Å². The number of hydrogen-bond donors (Lipinski definition) is 5. The van der Waals surface area contributed by atoms with Gasteiger partial charge in [-0.3, -0.25) is 57.5 Å². The number of hydrogen-bond acceptors (Lipinski definition) is 17. The molecule has 4 saturated heterocycles. The summed E-state index contributed by atoms with van der Waals surface area (Å²) < 4.78 is 19.2. The molecule has 4 aliphatic rings. The van der Waals surface area contributed by atoms with E-state index in [9.17, 15) is 33.9 Å². The molecule has 1 aromatic rings. The van der Waals surface area contributed by atoms with E-state index in [0.29, 0.717) is 69.9 Å². The van der Waals surface area contributed by atoms with Gasteiger partial charge in [-0.15, -0.1) is 0 Å². The van der Waals surface area contributed by atoms with Gasteiger partial charge in [0.25, 0.3) is 5.91 Å². The Hall–Kier alpha value is -7.79. The first-order valence-electron chi connectivity index (χ1n) is 40.5. The average Bonchev–Trinajstić information content (AvgIpc) is 1.40. The highest BCUT2D eigenvalue weighted by Gasteiger charge is 2.50. The number of ether oxygens (including phenoxy) is 3. The third kappa shape index (κ3) is 24.4. The van der Waals surface area contributed by atoms with Crippen molar-refractivity contribution in [2.45, 2.75) is 317 Å². The van der Waals surface area contributed by atoms with Crippen molar-refractivity contribution >= 4 is 76.9 Å². The molecule has 17 atom stereocenters. The van der Waals surface area contributed by atoms with E-state index in [-0.39, 0.29) is 44.8 Å². The molecule has 4 aliphatic heterocycles. The summed E-state index contributed by atoms with van der Waals surface area (Å²) >= 11 is 0. The van der Waals surface area contributed by atoms with Crippen LogP contribution in [-0.4, -0.2) is 285 Å². The number of amides is 11. The number of likely N-dealkylation sites (tertiary alicyclic amines) is 3. The smallest absolute Gasteiger partial charge is 0.329 e. The van der Waals surface area contributed by atoms with Gasteiger partial charge >= 0.3 is 11.9 Å². The molecule has 626 valence electrons. The number of carbonyl (C=O) groups is 13. The van der Waals surface area contributed by atoms with E-state index in [1.54, 1.807) is 120 Å². The lowest BCUT2D eigenvalue weighted by Gasteiger charge is -2.44. The monoisotopic (exact) mass is 1560 g/mol. The summed E-state index contributed by atoms with van der Waals surface area (Å²) in [4.78, 5) is 202. The van der Waals surface area contributed by atoms with E-state index in [1.807, 2.05) is 41.5 Å². The molecule has 0 spiro atoms. The van der Waals surface area contributed by atoms with Crippen LogP contribution in [0.2, 0.25) is 0 Å². The Balaban J connectivity index is 1.43. The van der Waals surface area contributed by atoms with Crippen LogP contribution in [0.15, 0.2) is 30.3 Å². The number of benzene rings is 1. The Morgan fingerprint density at radius 2 is 0.946 bits per heavy atom. The average molecular weight is 1560 g/mol. The molecule has 29 heteroatoms. The largest absolute Gasteiger partial charge is 0.480 e. The maximum absolute atomic E-state index is 15.7. The van der Waals surface area contributed by atoms with Gasteiger partial charge < -0.3 is 79.8 Å². The van der Waals surface area contributed by atoms with E-state index in [1.165, 1.54) is 74.3 Å². The number of nitrogens with zero attached hydrogens (tertiary/aromatic N) is 8. The van der Waals surface area contributed by atoms with Gasteiger partial charge in [0.2, 0.25) is 59.1 Å². The maximum atomic E-state index is 15.7. The molecule has 0 aromatic heterocycles. The van der Waals surface area contributed by atoms with E-state index < -0.39 is 203 Å². The Labute approximate surface area is 660 Å². The molecule has 0 unspecified atom stereocenters. The summed E-state index contributed by atoms with van der Waals surface area (Å²) in [7, 11) is 7.40. The number of likely N-dealkylation sites (N-methyl/N-ethyl adjacent to an activating group) is 5. The quantitative estimate of drug-likeness (QED) is 0.0501. The van der Waals surface area contributed by atoms with Crippen LogP contribution >= 0.6 is 0 Å². The first-order chi connectivity index (χ1) is 51.7. The molecular weight excluding hydrogens is 1420 g/mol. The summed E-state index contributed by atoms with van der Waals surface area (Å²) in [6.07, 6.45) is 2.02. The van der Waals surface area contributed by atoms with Crippen molar-refractivity contribution in [2.24, 2.45) is 29.6 Å². The summed E-state index contributed by atoms with van der Waals surface area (Å²) in [6.45, 7) is 34.6. The zero-order valence-electron chi connectivity index (χ0n) is 71.0. The van der Waals surface area contributed by atoms with Crippen LogP contribution < -0.4 is 21.3 Å². The van der Waals surface area contributed by atoms with Crippen molar-refractivity contribution in [3.63, 3.8) is 0 Å². The fourth-order valence-corrected chi connectivity index (χ4v) is 16.1. The molecule has 5 rings (SSSR count). The SMILES string of the molecule is CC[C@H](C)[C@H](NC(=O)[C@@H]1CCCN1C(=O)[C@H](C(C)C)N(C)C(=O)[C@@H](Cc1ccccc1)OC(=O)[C@@H]1CCCCN1C(=O)[C@H]([C@@H](C)CC)N(C)C(=O)[C@H](C(C)C)N(C)C(=O)[C@H]([C@@H](C)OC(C)(C)C)N(C)C(=O)[C@@H](NC(=O)[C@H]([C@@H](C)OC(C)(C)C)N(C)C(=O)[C@@H]1CCCN1)C(C)C)C(=O)N1CCCC[C@H]1C(=O)N[C@@H](C)C(=O)O. The molecule has 1 aromatic carbocycles. The molecule has 0 radical (unpaired) electrons. The van der Waals surface area contributed by atoms with Crippen LogP contribution in [-0.2, 0) is 83.0 Å². The summed E-state index contributed by atoms with van der Waals surface area (Å²) in [5.74, 6) is -11.2. The molecule has 0 bridgehead atoms. The predicted octanol–water partition coefficient (Wildman–Crippen LogP) is 5.81. The van der Waals surface area contributed by atoms with Crippen molar-refractivity contribution in [1.82, 2.24) is 60.5 Å². The van der Waals surface area contributed by atoms with Crippen molar-refractivity contribution in [3.05, 3.63) is 35.9 Å². The molecule has 0 aliphatic carbocycles. The second-order valence-electron chi connectivity index (χ2n) is 34.4. The van der Waals surface area contributed by atoms with E-state index in [2.05, 4.69) is 21.3 Å². The van der Waals surface area contributed by atoms with Crippen molar-refractivity contribution in [1.29, 1.82) is 0 Å². The number of nitrogens with one attached hydrogen (secondary N) is 4. The van der Waals surface area contributed by atoms with Gasteiger partial charge in [-0.1, -0.05) is 112 Å². The highest BCUT2D eigenvalue weighted by Crippen LogP contribution is 2.32. The van der Waals surface area contributed by atoms with Gasteiger partial charge in [-0.25, -0.2) is 4.79 Å². The Morgan fingerprint density at radius 1 is 0.486 bits per heavy atom. The highest BCUT2D eigenvalue weighted by atomic mass is 16.6. The Bertz CT molecular complexity index is 3370. The van der Waals surface area contributed by atoms with Gasteiger partial charge in [0, 0.05) is 61.3 Å². The third-order valence-corrected chi connectivity index (χ3v) is 22.4. The second kappa shape index (κ2) is 41.3. The van der Waals surface area contributed by atoms with Gasteiger partial charge in [0.15, 0.2) is 6.10 Å². The first kappa shape index (κ1) is 93.8. The summed E-state index contributed by atoms with van der Waals surface area (Å²) in [6, 6.07) is -4.66. The number of aliphatic carboxylic acids is 1. The lowest BCUT2D eigenvalue weighted by atomic mass is 9.92. The zero-order valence-corrected chi connectivity index (χ0v) is 71.0. The Kier molecular flexibility index (Phi) is 34.9. The molecule has 5 N–H and O–H groups in total. The van der Waals surface area contributed by atoms with Gasteiger partial charge in [0.05, 0.1) is 29.5 Å². The van der Waals surface area contributed by atoms with Gasteiger partial charge in [-0.2, -0.15) is 0 Å². The summed E-state index contributed by atoms with van der Waals surface area (Å²) in [5, 5.41) is 21.1. The fourth-order valence-electron chi connectivity index (χ4n) is 16.1. The minimum atomic E-state index is -1.54. The minimum Gasteiger partial charge on any atom is -0.480 e. The lowest BCUT2D eigenvalue weighted by molar-refractivity contribution is -0.171.